The van der Waals surface area contributed by atoms with Crippen LogP contribution in [-0.4, -0.2) is 13.7 Å². The lowest BCUT2D eigenvalue weighted by Gasteiger charge is -2.28. The Morgan fingerprint density at radius 1 is 1.19 bits per heavy atom. The zero-order valence-electron chi connectivity index (χ0n) is 11.5. The van der Waals surface area contributed by atoms with Crippen LogP contribution in [0.2, 0.25) is 10.0 Å². The number of hydrogen-bond donors (Lipinski definition) is 1. The zero-order chi connectivity index (χ0) is 14.8. The first-order valence-electron chi connectivity index (χ1n) is 6.69. The first-order chi connectivity index (χ1) is 10.2. The number of ether oxygens (including phenoxy) is 2. The van der Waals surface area contributed by atoms with Gasteiger partial charge in [-0.15, -0.1) is 0 Å². The van der Waals surface area contributed by atoms with Gasteiger partial charge >= 0.3 is 0 Å². The van der Waals surface area contributed by atoms with Crippen molar-refractivity contribution in [3.05, 3.63) is 52.0 Å². The minimum Gasteiger partial charge on any atom is -0.497 e. The summed E-state index contributed by atoms with van der Waals surface area (Å²) in [6.07, 6.45) is 0.850. The Labute approximate surface area is 133 Å². The molecule has 1 unspecified atom stereocenters. The van der Waals surface area contributed by atoms with E-state index in [1.54, 1.807) is 19.2 Å². The molecule has 3 nitrogen and oxygen atoms in total. The quantitative estimate of drug-likeness (QED) is 0.868. The van der Waals surface area contributed by atoms with Gasteiger partial charge < -0.3 is 14.8 Å². The molecule has 2 aromatic carbocycles. The van der Waals surface area contributed by atoms with Gasteiger partial charge in [-0.1, -0.05) is 23.2 Å². The van der Waals surface area contributed by atoms with E-state index in [4.69, 9.17) is 32.7 Å². The highest BCUT2D eigenvalue weighted by atomic mass is 35.5. The standard InChI is InChI=1S/C16H15Cl2NO2/c1-20-11-3-5-16-12(9-11)14(6-7-21-16)19-15-8-10(17)2-4-13(15)18/h2-5,8-9,14,19H,6-7H2,1H3. The number of anilines is 1. The molecule has 0 fully saturated rings. The van der Waals surface area contributed by atoms with Crippen LogP contribution in [0.3, 0.4) is 0 Å². The number of benzene rings is 2. The van der Waals surface area contributed by atoms with E-state index in [0.29, 0.717) is 16.7 Å². The molecule has 1 N–H and O–H groups in total. The Morgan fingerprint density at radius 3 is 2.86 bits per heavy atom. The molecule has 0 bridgehead atoms. The molecule has 0 aliphatic carbocycles. The molecule has 2 aromatic rings. The van der Waals surface area contributed by atoms with Gasteiger partial charge in [-0.25, -0.2) is 0 Å². The second kappa shape index (κ2) is 6.04. The topological polar surface area (TPSA) is 30.5 Å². The number of fused-ring (bicyclic) bond motifs is 1. The Hall–Kier alpha value is -1.58. The highest BCUT2D eigenvalue weighted by Gasteiger charge is 2.22. The fourth-order valence-electron chi connectivity index (χ4n) is 2.45. The van der Waals surface area contributed by atoms with Crippen molar-refractivity contribution in [2.45, 2.75) is 12.5 Å². The average molecular weight is 324 g/mol. The average Bonchev–Trinajstić information content (AvgIpc) is 2.51. The van der Waals surface area contributed by atoms with Crippen molar-refractivity contribution in [1.82, 2.24) is 0 Å². The van der Waals surface area contributed by atoms with E-state index >= 15 is 0 Å². The fraction of sp³-hybridized carbons (Fsp3) is 0.250. The van der Waals surface area contributed by atoms with Crippen molar-refractivity contribution < 1.29 is 9.47 Å². The molecular weight excluding hydrogens is 309 g/mol. The molecule has 1 atom stereocenters. The van der Waals surface area contributed by atoms with Gasteiger partial charge in [-0.3, -0.25) is 0 Å². The second-order valence-corrected chi connectivity index (χ2v) is 5.71. The van der Waals surface area contributed by atoms with Crippen LogP contribution < -0.4 is 14.8 Å². The maximum atomic E-state index is 6.22. The number of rotatable bonds is 3. The monoisotopic (exact) mass is 323 g/mol. The summed E-state index contributed by atoms with van der Waals surface area (Å²) in [5, 5.41) is 4.75. The molecule has 0 amide bonds. The van der Waals surface area contributed by atoms with E-state index in [2.05, 4.69) is 5.32 Å². The van der Waals surface area contributed by atoms with Gasteiger partial charge in [0.1, 0.15) is 11.5 Å². The summed E-state index contributed by atoms with van der Waals surface area (Å²) in [6, 6.07) is 11.3. The lowest BCUT2D eigenvalue weighted by molar-refractivity contribution is 0.273. The summed E-state index contributed by atoms with van der Waals surface area (Å²) in [7, 11) is 1.65. The fourth-order valence-corrected chi connectivity index (χ4v) is 2.79. The molecule has 110 valence electrons. The van der Waals surface area contributed by atoms with E-state index in [-0.39, 0.29) is 6.04 Å². The molecule has 0 saturated heterocycles. The first kappa shape index (κ1) is 14.4. The molecule has 21 heavy (non-hydrogen) atoms. The molecule has 1 aliphatic rings. The molecule has 1 heterocycles. The summed E-state index contributed by atoms with van der Waals surface area (Å²) >= 11 is 12.3. The van der Waals surface area contributed by atoms with E-state index in [0.717, 1.165) is 29.2 Å². The van der Waals surface area contributed by atoms with Crippen LogP contribution in [0.1, 0.15) is 18.0 Å². The van der Waals surface area contributed by atoms with Crippen LogP contribution in [0.15, 0.2) is 36.4 Å². The van der Waals surface area contributed by atoms with E-state index in [9.17, 15) is 0 Å². The van der Waals surface area contributed by atoms with Gasteiger partial charge in [-0.05, 0) is 36.4 Å². The van der Waals surface area contributed by atoms with Gasteiger partial charge in [0, 0.05) is 17.0 Å². The van der Waals surface area contributed by atoms with Crippen molar-refractivity contribution in [2.24, 2.45) is 0 Å². The van der Waals surface area contributed by atoms with Crippen molar-refractivity contribution in [3.8, 4) is 11.5 Å². The summed E-state index contributed by atoms with van der Waals surface area (Å²) in [6.45, 7) is 0.662. The highest BCUT2D eigenvalue weighted by Crippen LogP contribution is 2.38. The second-order valence-electron chi connectivity index (χ2n) is 4.86. The van der Waals surface area contributed by atoms with Crippen LogP contribution in [0.25, 0.3) is 0 Å². The van der Waals surface area contributed by atoms with Crippen LogP contribution in [-0.2, 0) is 0 Å². The van der Waals surface area contributed by atoms with Crippen LogP contribution >= 0.6 is 23.2 Å². The Balaban J connectivity index is 1.92. The third-order valence-electron chi connectivity index (χ3n) is 3.51. The third-order valence-corrected chi connectivity index (χ3v) is 4.08. The zero-order valence-corrected chi connectivity index (χ0v) is 13.0. The Morgan fingerprint density at radius 2 is 2.05 bits per heavy atom. The van der Waals surface area contributed by atoms with E-state index in [1.807, 2.05) is 24.3 Å². The van der Waals surface area contributed by atoms with E-state index < -0.39 is 0 Å². The van der Waals surface area contributed by atoms with Gasteiger partial charge in [0.2, 0.25) is 0 Å². The van der Waals surface area contributed by atoms with E-state index in [1.165, 1.54) is 0 Å². The lowest BCUT2D eigenvalue weighted by Crippen LogP contribution is -2.20. The van der Waals surface area contributed by atoms with Gasteiger partial charge in [0.15, 0.2) is 0 Å². The van der Waals surface area contributed by atoms with Gasteiger partial charge in [0.25, 0.3) is 0 Å². The molecule has 0 saturated carbocycles. The molecule has 0 spiro atoms. The summed E-state index contributed by atoms with van der Waals surface area (Å²) < 4.78 is 11.0. The Kier molecular flexibility index (Phi) is 4.13. The summed E-state index contributed by atoms with van der Waals surface area (Å²) in [4.78, 5) is 0. The molecule has 1 aliphatic heterocycles. The van der Waals surface area contributed by atoms with Crippen molar-refractivity contribution in [1.29, 1.82) is 0 Å². The molecule has 0 radical (unpaired) electrons. The minimum atomic E-state index is 0.111. The number of methoxy groups -OCH3 is 1. The van der Waals surface area contributed by atoms with Crippen LogP contribution in [0.5, 0.6) is 11.5 Å². The summed E-state index contributed by atoms with van der Waals surface area (Å²) in [5.74, 6) is 1.68. The molecular formula is C16H15Cl2NO2. The smallest absolute Gasteiger partial charge is 0.124 e. The Bertz CT molecular complexity index is 661. The molecule has 0 aromatic heterocycles. The minimum absolute atomic E-state index is 0.111. The maximum absolute atomic E-state index is 6.22. The number of hydrogen-bond acceptors (Lipinski definition) is 3. The summed E-state index contributed by atoms with van der Waals surface area (Å²) in [5.41, 5.74) is 1.89. The number of halogens is 2. The van der Waals surface area contributed by atoms with Crippen LogP contribution in [0, 0.1) is 0 Å². The maximum Gasteiger partial charge on any atom is 0.124 e. The molecule has 3 rings (SSSR count). The molecule has 5 heteroatoms. The van der Waals surface area contributed by atoms with Gasteiger partial charge in [0.05, 0.1) is 30.5 Å². The van der Waals surface area contributed by atoms with Crippen molar-refractivity contribution in [2.75, 3.05) is 19.0 Å². The van der Waals surface area contributed by atoms with Gasteiger partial charge in [-0.2, -0.15) is 0 Å². The predicted molar refractivity (Wildman–Crippen MR) is 85.9 cm³/mol. The van der Waals surface area contributed by atoms with Crippen molar-refractivity contribution in [3.63, 3.8) is 0 Å². The predicted octanol–water partition coefficient (Wildman–Crippen LogP) is 4.94. The first-order valence-corrected chi connectivity index (χ1v) is 7.45. The van der Waals surface area contributed by atoms with Crippen molar-refractivity contribution >= 4 is 28.9 Å². The largest absolute Gasteiger partial charge is 0.497 e. The normalized spacial score (nSPS) is 16.8. The highest BCUT2D eigenvalue weighted by molar-refractivity contribution is 6.35. The van der Waals surface area contributed by atoms with Crippen LogP contribution in [0.4, 0.5) is 5.69 Å². The number of nitrogens with one attached hydrogen (secondary N) is 1. The third kappa shape index (κ3) is 3.04. The lowest BCUT2D eigenvalue weighted by atomic mass is 10.00. The SMILES string of the molecule is COc1ccc2c(c1)C(Nc1cc(Cl)ccc1Cl)CCO2.